The first-order valence-electron chi connectivity index (χ1n) is 9.08. The van der Waals surface area contributed by atoms with E-state index in [1.165, 1.54) is 14.2 Å². The van der Waals surface area contributed by atoms with Gasteiger partial charge in [0.25, 0.3) is 0 Å². The molecule has 0 radical (unpaired) electrons. The van der Waals surface area contributed by atoms with Crippen molar-refractivity contribution < 1.29 is 32.2 Å². The fourth-order valence-electron chi connectivity index (χ4n) is 2.90. The second-order valence-corrected chi connectivity index (χ2v) is 6.87. The van der Waals surface area contributed by atoms with Gasteiger partial charge < -0.3 is 24.4 Å². The molecule has 1 aromatic rings. The molecule has 1 aromatic carbocycles. The summed E-state index contributed by atoms with van der Waals surface area (Å²) in [5, 5.41) is 3.14. The van der Waals surface area contributed by atoms with Crippen molar-refractivity contribution in [3.8, 4) is 11.5 Å². The van der Waals surface area contributed by atoms with E-state index in [0.717, 1.165) is 0 Å². The zero-order chi connectivity index (χ0) is 21.4. The molecule has 2 rings (SSSR count). The van der Waals surface area contributed by atoms with Crippen LogP contribution in [0.3, 0.4) is 0 Å². The largest absolute Gasteiger partial charge is 0.495 e. The van der Waals surface area contributed by atoms with Gasteiger partial charge in [-0.25, -0.2) is 4.79 Å². The van der Waals surface area contributed by atoms with Crippen LogP contribution < -0.4 is 14.8 Å². The molecule has 2 amide bonds. The average Bonchev–Trinajstić information content (AvgIpc) is 2.67. The average molecular weight is 440 g/mol. The number of anilines is 1. The van der Waals surface area contributed by atoms with Crippen LogP contribution >= 0.6 is 11.6 Å². The van der Waals surface area contributed by atoms with Gasteiger partial charge in [0.05, 0.1) is 24.9 Å². The lowest BCUT2D eigenvalue weighted by molar-refractivity contribution is -0.174. The first-order valence-corrected chi connectivity index (χ1v) is 9.45. The molecule has 0 atom stereocenters. The van der Waals surface area contributed by atoms with Gasteiger partial charge in [-0.3, -0.25) is 4.90 Å². The number of halogens is 4. The number of carbonyl (C=O) groups excluding carboxylic acids is 1. The van der Waals surface area contributed by atoms with Gasteiger partial charge in [-0.05, 0) is 12.5 Å². The number of ether oxygens (including phenoxy) is 3. The number of piperazine rings is 1. The summed E-state index contributed by atoms with van der Waals surface area (Å²) in [6.45, 7) is 1.72. The zero-order valence-corrected chi connectivity index (χ0v) is 17.1. The van der Waals surface area contributed by atoms with Gasteiger partial charge in [0.1, 0.15) is 18.1 Å². The lowest BCUT2D eigenvalue weighted by Crippen LogP contribution is -2.50. The van der Waals surface area contributed by atoms with E-state index < -0.39 is 12.8 Å². The number of amides is 2. The number of urea groups is 1. The molecule has 0 spiro atoms. The Morgan fingerprint density at radius 3 is 2.38 bits per heavy atom. The van der Waals surface area contributed by atoms with Gasteiger partial charge in [0, 0.05) is 45.4 Å². The topological polar surface area (TPSA) is 63.3 Å². The van der Waals surface area contributed by atoms with Crippen LogP contribution in [0.4, 0.5) is 23.7 Å². The third kappa shape index (κ3) is 7.45. The third-order valence-electron chi connectivity index (χ3n) is 4.40. The van der Waals surface area contributed by atoms with E-state index in [1.807, 2.05) is 0 Å². The SMILES string of the molecule is COc1cc(OC)c(NC(=O)N2CCN(CCCOCC(F)(F)F)CC2)cc1Cl. The van der Waals surface area contributed by atoms with Crippen LogP contribution in [0.25, 0.3) is 0 Å². The van der Waals surface area contributed by atoms with Crippen LogP contribution in [0.2, 0.25) is 5.02 Å². The Morgan fingerprint density at radius 2 is 1.79 bits per heavy atom. The van der Waals surface area contributed by atoms with Gasteiger partial charge in [-0.15, -0.1) is 0 Å². The van der Waals surface area contributed by atoms with Crippen molar-refractivity contribution in [1.82, 2.24) is 9.80 Å². The molecule has 0 saturated carbocycles. The third-order valence-corrected chi connectivity index (χ3v) is 4.70. The van der Waals surface area contributed by atoms with E-state index in [2.05, 4.69) is 15.0 Å². The van der Waals surface area contributed by atoms with Gasteiger partial charge in [0.2, 0.25) is 0 Å². The van der Waals surface area contributed by atoms with Crippen molar-refractivity contribution >= 4 is 23.3 Å². The highest BCUT2D eigenvalue weighted by atomic mass is 35.5. The fourth-order valence-corrected chi connectivity index (χ4v) is 3.15. The normalized spacial score (nSPS) is 15.3. The van der Waals surface area contributed by atoms with Crippen LogP contribution in [0.15, 0.2) is 12.1 Å². The van der Waals surface area contributed by atoms with E-state index >= 15 is 0 Å². The first kappa shape index (κ1) is 23.4. The maximum Gasteiger partial charge on any atom is 0.411 e. The molecule has 1 saturated heterocycles. The van der Waals surface area contributed by atoms with Crippen molar-refractivity contribution in [3.05, 3.63) is 17.2 Å². The Morgan fingerprint density at radius 1 is 1.14 bits per heavy atom. The second-order valence-electron chi connectivity index (χ2n) is 6.47. The molecule has 29 heavy (non-hydrogen) atoms. The molecule has 11 heteroatoms. The number of alkyl halides is 3. The standard InChI is InChI=1S/C18H25ClF3N3O4/c1-27-15-11-16(28-2)14(10-13(15)19)23-17(26)25-7-5-24(6-8-25)4-3-9-29-12-18(20,21)22/h10-11H,3-9,12H2,1-2H3,(H,23,26). The number of nitrogens with one attached hydrogen (secondary N) is 1. The van der Waals surface area contributed by atoms with Crippen LogP contribution in [0.1, 0.15) is 6.42 Å². The maximum absolute atomic E-state index is 12.5. The van der Waals surface area contributed by atoms with E-state index in [0.29, 0.717) is 61.4 Å². The summed E-state index contributed by atoms with van der Waals surface area (Å²) < 4.78 is 51.1. The molecule has 0 unspecified atom stereocenters. The number of methoxy groups -OCH3 is 2. The molecule has 1 fully saturated rings. The number of rotatable bonds is 8. The molecule has 7 nitrogen and oxygen atoms in total. The summed E-state index contributed by atoms with van der Waals surface area (Å²) >= 11 is 6.12. The van der Waals surface area contributed by atoms with Crippen LogP contribution in [-0.2, 0) is 4.74 Å². The quantitative estimate of drug-likeness (QED) is 0.628. The molecular weight excluding hydrogens is 415 g/mol. The number of carbonyl (C=O) groups is 1. The van der Waals surface area contributed by atoms with Crippen molar-refractivity contribution in [3.63, 3.8) is 0 Å². The fraction of sp³-hybridized carbons (Fsp3) is 0.611. The molecule has 1 N–H and O–H groups in total. The molecule has 1 aliphatic rings. The first-order chi connectivity index (χ1) is 13.7. The van der Waals surface area contributed by atoms with Crippen molar-refractivity contribution in [1.29, 1.82) is 0 Å². The Bertz CT molecular complexity index is 683. The van der Waals surface area contributed by atoms with E-state index in [1.54, 1.807) is 17.0 Å². The van der Waals surface area contributed by atoms with Gasteiger partial charge in [0.15, 0.2) is 0 Å². The van der Waals surface area contributed by atoms with Crippen molar-refractivity contribution in [2.45, 2.75) is 12.6 Å². The van der Waals surface area contributed by atoms with E-state index in [9.17, 15) is 18.0 Å². The molecule has 0 aliphatic carbocycles. The summed E-state index contributed by atoms with van der Waals surface area (Å²) in [5.41, 5.74) is 0.438. The highest BCUT2D eigenvalue weighted by Gasteiger charge is 2.27. The molecule has 0 bridgehead atoms. The van der Waals surface area contributed by atoms with Crippen LogP contribution in [-0.4, -0.2) is 82.2 Å². The van der Waals surface area contributed by atoms with E-state index in [4.69, 9.17) is 21.1 Å². The molecule has 1 aliphatic heterocycles. The highest BCUT2D eigenvalue weighted by Crippen LogP contribution is 2.36. The monoisotopic (exact) mass is 439 g/mol. The summed E-state index contributed by atoms with van der Waals surface area (Å²) in [6, 6.07) is 2.88. The summed E-state index contributed by atoms with van der Waals surface area (Å²) in [6.07, 6.45) is -3.79. The van der Waals surface area contributed by atoms with Gasteiger partial charge >= 0.3 is 12.2 Å². The lowest BCUT2D eigenvalue weighted by atomic mass is 10.2. The Balaban J connectivity index is 1.77. The van der Waals surface area contributed by atoms with Crippen molar-refractivity contribution in [2.24, 2.45) is 0 Å². The van der Waals surface area contributed by atoms with E-state index in [-0.39, 0.29) is 12.6 Å². The Hall–Kier alpha value is -1.91. The van der Waals surface area contributed by atoms with Crippen LogP contribution in [0.5, 0.6) is 11.5 Å². The minimum atomic E-state index is -4.30. The second kappa shape index (κ2) is 10.7. The number of nitrogens with zero attached hydrogens (tertiary/aromatic N) is 2. The molecular formula is C18H25ClF3N3O4. The number of benzene rings is 1. The highest BCUT2D eigenvalue weighted by molar-refractivity contribution is 6.32. The Labute approximate surface area is 172 Å². The molecule has 164 valence electrons. The smallest absolute Gasteiger partial charge is 0.411 e. The minimum Gasteiger partial charge on any atom is -0.495 e. The summed E-state index contributed by atoms with van der Waals surface area (Å²) in [7, 11) is 2.97. The molecule has 1 heterocycles. The number of hydrogen-bond donors (Lipinski definition) is 1. The molecule has 0 aromatic heterocycles. The van der Waals surface area contributed by atoms with Gasteiger partial charge in [-0.1, -0.05) is 11.6 Å². The van der Waals surface area contributed by atoms with Crippen LogP contribution in [0, 0.1) is 0 Å². The predicted molar refractivity (Wildman–Crippen MR) is 103 cm³/mol. The minimum absolute atomic E-state index is 0.0538. The van der Waals surface area contributed by atoms with Crippen molar-refractivity contribution in [2.75, 3.05) is 65.5 Å². The Kier molecular flexibility index (Phi) is 8.66. The summed E-state index contributed by atoms with van der Waals surface area (Å²) in [4.78, 5) is 16.3. The summed E-state index contributed by atoms with van der Waals surface area (Å²) in [5.74, 6) is 0.867. The van der Waals surface area contributed by atoms with Gasteiger partial charge in [-0.2, -0.15) is 13.2 Å². The zero-order valence-electron chi connectivity index (χ0n) is 16.4. The predicted octanol–water partition coefficient (Wildman–Crippen LogP) is 3.48. The lowest BCUT2D eigenvalue weighted by Gasteiger charge is -2.34. The number of hydrogen-bond acceptors (Lipinski definition) is 5. The maximum atomic E-state index is 12.5.